The fraction of sp³-hybridized carbons (Fsp3) is 0.364. The van der Waals surface area contributed by atoms with Gasteiger partial charge in [0, 0.05) is 0 Å². The molecule has 0 radical (unpaired) electrons. The fourth-order valence-corrected chi connectivity index (χ4v) is 1.59. The number of nitrogens with two attached hydrogens (primary N) is 1. The first-order valence-corrected chi connectivity index (χ1v) is 5.01. The van der Waals surface area contributed by atoms with Crippen molar-refractivity contribution in [3.8, 4) is 11.5 Å². The number of ether oxygens (including phenoxy) is 3. The zero-order chi connectivity index (χ0) is 11.7. The first-order chi connectivity index (χ1) is 7.65. The normalized spacial score (nSPS) is 12.6. The summed E-state index contributed by atoms with van der Waals surface area (Å²) in [6, 6.07) is 1.75. The van der Waals surface area contributed by atoms with E-state index in [0.29, 0.717) is 23.8 Å². The van der Waals surface area contributed by atoms with Crippen molar-refractivity contribution in [1.29, 1.82) is 0 Å². The minimum Gasteiger partial charge on any atom is -0.462 e. The Morgan fingerprint density at radius 1 is 1.56 bits per heavy atom. The molecule has 5 nitrogen and oxygen atoms in total. The van der Waals surface area contributed by atoms with Crippen LogP contribution < -0.4 is 15.2 Å². The minimum atomic E-state index is -0.481. The molecule has 2 N–H and O–H groups in total. The molecule has 0 amide bonds. The standard InChI is InChI=1S/C11H13NO4/c1-3-14-11(13)8-9(12)6(2)4-7-10(8)16-5-15-7/h4H,3,5,12H2,1-2H3. The van der Waals surface area contributed by atoms with Crippen molar-refractivity contribution in [1.82, 2.24) is 0 Å². The number of hydrogen-bond donors (Lipinski definition) is 1. The molecule has 0 aromatic heterocycles. The quantitative estimate of drug-likeness (QED) is 0.607. The van der Waals surface area contributed by atoms with E-state index in [2.05, 4.69) is 0 Å². The molecule has 0 unspecified atom stereocenters. The van der Waals surface area contributed by atoms with E-state index in [0.717, 1.165) is 5.56 Å². The average Bonchev–Trinajstić information content (AvgIpc) is 2.67. The van der Waals surface area contributed by atoms with Gasteiger partial charge < -0.3 is 19.9 Å². The van der Waals surface area contributed by atoms with Crippen molar-refractivity contribution in [2.45, 2.75) is 13.8 Å². The van der Waals surface area contributed by atoms with Crippen LogP contribution in [-0.4, -0.2) is 19.4 Å². The molecule has 0 saturated carbocycles. The summed E-state index contributed by atoms with van der Waals surface area (Å²) < 4.78 is 15.4. The van der Waals surface area contributed by atoms with E-state index in [9.17, 15) is 4.79 Å². The van der Waals surface area contributed by atoms with Crippen LogP contribution >= 0.6 is 0 Å². The van der Waals surface area contributed by atoms with Crippen LogP contribution in [0.3, 0.4) is 0 Å². The summed E-state index contributed by atoms with van der Waals surface area (Å²) in [7, 11) is 0. The lowest BCUT2D eigenvalue weighted by Crippen LogP contribution is -2.10. The Balaban J connectivity index is 2.54. The number of benzene rings is 1. The van der Waals surface area contributed by atoms with Crippen LogP contribution in [0.1, 0.15) is 22.8 Å². The molecular weight excluding hydrogens is 210 g/mol. The van der Waals surface area contributed by atoms with Crippen molar-refractivity contribution < 1.29 is 19.0 Å². The van der Waals surface area contributed by atoms with Crippen molar-refractivity contribution in [2.75, 3.05) is 19.1 Å². The highest BCUT2D eigenvalue weighted by molar-refractivity contribution is 6.00. The smallest absolute Gasteiger partial charge is 0.344 e. The lowest BCUT2D eigenvalue weighted by Gasteiger charge is -2.10. The van der Waals surface area contributed by atoms with Crippen molar-refractivity contribution in [3.63, 3.8) is 0 Å². The van der Waals surface area contributed by atoms with Gasteiger partial charge >= 0.3 is 5.97 Å². The van der Waals surface area contributed by atoms with Gasteiger partial charge in [-0.25, -0.2) is 4.79 Å². The Bertz CT molecular complexity index is 442. The molecule has 1 aliphatic rings. The molecule has 16 heavy (non-hydrogen) atoms. The Hall–Kier alpha value is -1.91. The zero-order valence-electron chi connectivity index (χ0n) is 9.20. The van der Waals surface area contributed by atoms with Gasteiger partial charge in [-0.3, -0.25) is 0 Å². The second-order valence-corrected chi connectivity index (χ2v) is 3.44. The maximum absolute atomic E-state index is 11.7. The molecule has 2 rings (SSSR count). The van der Waals surface area contributed by atoms with Crippen molar-refractivity contribution >= 4 is 11.7 Å². The van der Waals surface area contributed by atoms with Gasteiger partial charge in [0.25, 0.3) is 0 Å². The number of aryl methyl sites for hydroxylation is 1. The van der Waals surface area contributed by atoms with Crippen LogP contribution in [0.4, 0.5) is 5.69 Å². The number of anilines is 1. The molecule has 86 valence electrons. The third-order valence-electron chi connectivity index (χ3n) is 2.39. The Kier molecular flexibility index (Phi) is 2.60. The van der Waals surface area contributed by atoms with Gasteiger partial charge in [-0.1, -0.05) is 0 Å². The highest BCUT2D eigenvalue weighted by Gasteiger charge is 2.27. The van der Waals surface area contributed by atoms with Crippen LogP contribution in [0.2, 0.25) is 0 Å². The Morgan fingerprint density at radius 2 is 2.31 bits per heavy atom. The summed E-state index contributed by atoms with van der Waals surface area (Å²) in [5.41, 5.74) is 7.26. The van der Waals surface area contributed by atoms with Gasteiger partial charge in [-0.05, 0) is 25.5 Å². The number of rotatable bonds is 2. The lowest BCUT2D eigenvalue weighted by atomic mass is 10.1. The molecule has 0 atom stereocenters. The first kappa shape index (κ1) is 10.6. The van der Waals surface area contributed by atoms with Gasteiger partial charge in [-0.2, -0.15) is 0 Å². The van der Waals surface area contributed by atoms with E-state index in [4.69, 9.17) is 19.9 Å². The molecule has 1 heterocycles. The average molecular weight is 223 g/mol. The minimum absolute atomic E-state index is 0.102. The van der Waals surface area contributed by atoms with Crippen LogP contribution in [-0.2, 0) is 4.74 Å². The van der Waals surface area contributed by atoms with E-state index in [1.165, 1.54) is 0 Å². The summed E-state index contributed by atoms with van der Waals surface area (Å²) in [6.07, 6.45) is 0. The molecule has 1 aliphatic heterocycles. The molecule has 1 aromatic rings. The first-order valence-electron chi connectivity index (χ1n) is 5.01. The topological polar surface area (TPSA) is 70.8 Å². The summed E-state index contributed by atoms with van der Waals surface area (Å²) in [5, 5.41) is 0. The van der Waals surface area contributed by atoms with E-state index < -0.39 is 5.97 Å². The van der Waals surface area contributed by atoms with Gasteiger partial charge in [0.15, 0.2) is 11.5 Å². The van der Waals surface area contributed by atoms with Crippen molar-refractivity contribution in [2.24, 2.45) is 0 Å². The number of hydrogen-bond acceptors (Lipinski definition) is 5. The van der Waals surface area contributed by atoms with Crippen LogP contribution in [0.15, 0.2) is 6.07 Å². The predicted octanol–water partition coefficient (Wildman–Crippen LogP) is 1.48. The molecule has 1 aromatic carbocycles. The van der Waals surface area contributed by atoms with Crippen molar-refractivity contribution in [3.05, 3.63) is 17.2 Å². The maximum atomic E-state index is 11.7. The van der Waals surface area contributed by atoms with Gasteiger partial charge in [0.1, 0.15) is 5.56 Å². The number of carbonyl (C=O) groups is 1. The van der Waals surface area contributed by atoms with Crippen LogP contribution in [0.5, 0.6) is 11.5 Å². The van der Waals surface area contributed by atoms with Gasteiger partial charge in [0.2, 0.25) is 6.79 Å². The third-order valence-corrected chi connectivity index (χ3v) is 2.39. The Morgan fingerprint density at radius 3 is 3.00 bits per heavy atom. The summed E-state index contributed by atoms with van der Waals surface area (Å²) in [5.74, 6) is 0.432. The molecule has 0 spiro atoms. The van der Waals surface area contributed by atoms with Gasteiger partial charge in [-0.15, -0.1) is 0 Å². The number of fused-ring (bicyclic) bond motifs is 1. The SMILES string of the molecule is CCOC(=O)c1c(N)c(C)cc2c1OCO2. The summed E-state index contributed by atoms with van der Waals surface area (Å²) >= 11 is 0. The molecule has 0 aliphatic carbocycles. The third kappa shape index (κ3) is 1.54. The molecule has 0 fully saturated rings. The second kappa shape index (κ2) is 3.92. The largest absolute Gasteiger partial charge is 0.462 e. The van der Waals surface area contributed by atoms with Crippen LogP contribution in [0, 0.1) is 6.92 Å². The zero-order valence-corrected chi connectivity index (χ0v) is 9.20. The van der Waals surface area contributed by atoms with E-state index in [1.807, 2.05) is 0 Å². The maximum Gasteiger partial charge on any atom is 0.344 e. The fourth-order valence-electron chi connectivity index (χ4n) is 1.59. The summed E-state index contributed by atoms with van der Waals surface area (Å²) in [4.78, 5) is 11.7. The molecular formula is C11H13NO4. The highest BCUT2D eigenvalue weighted by Crippen LogP contribution is 2.40. The molecule has 0 bridgehead atoms. The lowest BCUT2D eigenvalue weighted by molar-refractivity contribution is 0.0523. The molecule has 0 saturated heterocycles. The van der Waals surface area contributed by atoms with E-state index in [-0.39, 0.29) is 12.4 Å². The highest BCUT2D eigenvalue weighted by atomic mass is 16.7. The monoisotopic (exact) mass is 223 g/mol. The predicted molar refractivity (Wildman–Crippen MR) is 57.7 cm³/mol. The van der Waals surface area contributed by atoms with E-state index >= 15 is 0 Å². The van der Waals surface area contributed by atoms with Gasteiger partial charge in [0.05, 0.1) is 12.3 Å². The Labute approximate surface area is 93.1 Å². The number of nitrogen functional groups attached to an aromatic ring is 1. The number of carbonyl (C=O) groups excluding carboxylic acids is 1. The second-order valence-electron chi connectivity index (χ2n) is 3.44. The number of esters is 1. The molecule has 5 heteroatoms. The summed E-state index contributed by atoms with van der Waals surface area (Å²) in [6.45, 7) is 3.94. The van der Waals surface area contributed by atoms with E-state index in [1.54, 1.807) is 19.9 Å². The van der Waals surface area contributed by atoms with Crippen LogP contribution in [0.25, 0.3) is 0 Å².